The lowest BCUT2D eigenvalue weighted by Gasteiger charge is -2.10. The highest BCUT2D eigenvalue weighted by Gasteiger charge is 2.15. The molecule has 0 fully saturated rings. The summed E-state index contributed by atoms with van der Waals surface area (Å²) in [6, 6.07) is 15.8. The van der Waals surface area contributed by atoms with Crippen LogP contribution in [0.15, 0.2) is 65.7 Å². The Morgan fingerprint density at radius 1 is 0.952 bits per heavy atom. The first-order valence-electron chi connectivity index (χ1n) is 6.18. The maximum Gasteiger partial charge on any atom is 0.261 e. The van der Waals surface area contributed by atoms with Crippen molar-refractivity contribution in [3.8, 4) is 0 Å². The lowest BCUT2D eigenvalue weighted by Crippen LogP contribution is -2.13. The van der Waals surface area contributed by atoms with Gasteiger partial charge < -0.3 is 0 Å². The monoisotopic (exact) mass is 410 g/mol. The van der Waals surface area contributed by atoms with Crippen molar-refractivity contribution in [3.05, 3.63) is 64.4 Å². The fourth-order valence-corrected chi connectivity index (χ4v) is 3.43. The van der Waals surface area contributed by atoms with Crippen LogP contribution in [0.4, 0.5) is 5.69 Å². The lowest BCUT2D eigenvalue weighted by atomic mass is 10.2. The normalized spacial score (nSPS) is 11.5. The fourth-order valence-electron chi connectivity index (χ4n) is 2.00. The summed E-state index contributed by atoms with van der Waals surface area (Å²) in [6.07, 6.45) is 1.64. The Kier molecular flexibility index (Phi) is 3.81. The molecule has 0 radical (unpaired) electrons. The lowest BCUT2D eigenvalue weighted by molar-refractivity contribution is 0.601. The first kappa shape index (κ1) is 14.3. The molecule has 3 aromatic rings. The highest BCUT2D eigenvalue weighted by molar-refractivity contribution is 14.1. The number of benzene rings is 2. The molecular formula is C15H11IN2O2S. The third kappa shape index (κ3) is 3.01. The number of aromatic nitrogens is 1. The molecule has 21 heavy (non-hydrogen) atoms. The third-order valence-electron chi connectivity index (χ3n) is 3.00. The molecule has 0 atom stereocenters. The van der Waals surface area contributed by atoms with Gasteiger partial charge in [-0.3, -0.25) is 9.71 Å². The van der Waals surface area contributed by atoms with Crippen molar-refractivity contribution in [2.75, 3.05) is 4.72 Å². The van der Waals surface area contributed by atoms with Gasteiger partial charge in [0.05, 0.1) is 16.1 Å². The topological polar surface area (TPSA) is 59.1 Å². The molecular weight excluding hydrogens is 399 g/mol. The molecule has 0 spiro atoms. The standard InChI is InChI=1S/C15H11IN2O2S/c16-12-6-8-13(9-7-12)21(19,20)18-14-5-1-3-11-4-2-10-17-15(11)14/h1-10,18H. The van der Waals surface area contributed by atoms with Gasteiger partial charge >= 0.3 is 0 Å². The second kappa shape index (κ2) is 5.61. The molecule has 0 saturated carbocycles. The minimum Gasteiger partial charge on any atom is -0.277 e. The van der Waals surface area contributed by atoms with Gasteiger partial charge in [-0.15, -0.1) is 0 Å². The van der Waals surface area contributed by atoms with Crippen molar-refractivity contribution in [3.63, 3.8) is 0 Å². The Hall–Kier alpha value is -1.67. The van der Waals surface area contributed by atoms with E-state index in [-0.39, 0.29) is 4.90 Å². The molecule has 0 bridgehead atoms. The number of hydrogen-bond acceptors (Lipinski definition) is 3. The molecule has 0 aliphatic rings. The molecule has 0 aliphatic carbocycles. The molecule has 1 aromatic heterocycles. The Balaban J connectivity index is 2.03. The van der Waals surface area contributed by atoms with Crippen molar-refractivity contribution in [1.29, 1.82) is 0 Å². The number of rotatable bonds is 3. The van der Waals surface area contributed by atoms with Crippen molar-refractivity contribution in [2.45, 2.75) is 4.90 Å². The number of hydrogen-bond donors (Lipinski definition) is 1. The van der Waals surface area contributed by atoms with E-state index in [0.29, 0.717) is 11.2 Å². The van der Waals surface area contributed by atoms with E-state index in [2.05, 4.69) is 32.3 Å². The average Bonchev–Trinajstić information content (AvgIpc) is 2.48. The second-order valence-corrected chi connectivity index (χ2v) is 7.37. The van der Waals surface area contributed by atoms with Gasteiger partial charge in [-0.05, 0) is 59.0 Å². The van der Waals surface area contributed by atoms with E-state index < -0.39 is 10.0 Å². The summed E-state index contributed by atoms with van der Waals surface area (Å²) in [5, 5.41) is 0.889. The third-order valence-corrected chi connectivity index (χ3v) is 5.10. The van der Waals surface area contributed by atoms with Gasteiger partial charge in [0.15, 0.2) is 0 Å². The first-order chi connectivity index (χ1) is 10.1. The largest absolute Gasteiger partial charge is 0.277 e. The average molecular weight is 410 g/mol. The predicted octanol–water partition coefficient (Wildman–Crippen LogP) is 3.64. The van der Waals surface area contributed by atoms with Crippen LogP contribution in [0.2, 0.25) is 0 Å². The van der Waals surface area contributed by atoms with Crippen molar-refractivity contribution in [2.24, 2.45) is 0 Å². The van der Waals surface area contributed by atoms with Gasteiger partial charge in [0.1, 0.15) is 0 Å². The van der Waals surface area contributed by atoms with Crippen LogP contribution in [-0.4, -0.2) is 13.4 Å². The fraction of sp³-hybridized carbons (Fsp3) is 0. The van der Waals surface area contributed by atoms with Crippen LogP contribution in [0.5, 0.6) is 0 Å². The number of pyridine rings is 1. The van der Waals surface area contributed by atoms with Crippen LogP contribution in [-0.2, 0) is 10.0 Å². The number of anilines is 1. The van der Waals surface area contributed by atoms with Gasteiger partial charge in [0, 0.05) is 15.2 Å². The molecule has 0 amide bonds. The zero-order chi connectivity index (χ0) is 14.9. The SMILES string of the molecule is O=S(=O)(Nc1cccc2cccnc12)c1ccc(I)cc1. The van der Waals surface area contributed by atoms with E-state index >= 15 is 0 Å². The number of fused-ring (bicyclic) bond motifs is 1. The smallest absolute Gasteiger partial charge is 0.261 e. The van der Waals surface area contributed by atoms with Crippen LogP contribution in [0.1, 0.15) is 0 Å². The maximum atomic E-state index is 12.4. The number of para-hydroxylation sites is 1. The highest BCUT2D eigenvalue weighted by Crippen LogP contribution is 2.24. The zero-order valence-electron chi connectivity index (χ0n) is 10.8. The highest BCUT2D eigenvalue weighted by atomic mass is 127. The van der Waals surface area contributed by atoms with Gasteiger partial charge in [-0.25, -0.2) is 8.42 Å². The maximum absolute atomic E-state index is 12.4. The molecule has 1 N–H and O–H groups in total. The van der Waals surface area contributed by atoms with Crippen LogP contribution in [0.3, 0.4) is 0 Å². The minimum atomic E-state index is -3.61. The van der Waals surface area contributed by atoms with Gasteiger partial charge in [0.25, 0.3) is 10.0 Å². The van der Waals surface area contributed by atoms with Gasteiger partial charge in [-0.2, -0.15) is 0 Å². The van der Waals surface area contributed by atoms with Crippen molar-refractivity contribution < 1.29 is 8.42 Å². The van der Waals surface area contributed by atoms with E-state index in [1.807, 2.05) is 18.2 Å². The molecule has 106 valence electrons. The number of nitrogens with zero attached hydrogens (tertiary/aromatic N) is 1. The predicted molar refractivity (Wildman–Crippen MR) is 91.7 cm³/mol. The van der Waals surface area contributed by atoms with E-state index in [4.69, 9.17) is 0 Å². The van der Waals surface area contributed by atoms with Crippen LogP contribution < -0.4 is 4.72 Å². The molecule has 1 heterocycles. The second-order valence-electron chi connectivity index (χ2n) is 4.44. The minimum absolute atomic E-state index is 0.232. The van der Waals surface area contributed by atoms with Crippen LogP contribution in [0.25, 0.3) is 10.9 Å². The Morgan fingerprint density at radius 3 is 2.43 bits per heavy atom. The summed E-state index contributed by atoms with van der Waals surface area (Å²) in [5.41, 5.74) is 1.11. The number of nitrogens with one attached hydrogen (secondary N) is 1. The Bertz CT molecular complexity index is 888. The van der Waals surface area contributed by atoms with Crippen molar-refractivity contribution in [1.82, 2.24) is 4.98 Å². The van der Waals surface area contributed by atoms with Gasteiger partial charge in [0.2, 0.25) is 0 Å². The molecule has 4 nitrogen and oxygen atoms in total. The summed E-state index contributed by atoms with van der Waals surface area (Å²) in [7, 11) is -3.61. The Morgan fingerprint density at radius 2 is 1.67 bits per heavy atom. The summed E-state index contributed by atoms with van der Waals surface area (Å²) >= 11 is 2.13. The number of halogens is 1. The molecule has 0 unspecified atom stereocenters. The summed E-state index contributed by atoms with van der Waals surface area (Å²) in [4.78, 5) is 4.48. The summed E-state index contributed by atoms with van der Waals surface area (Å²) in [6.45, 7) is 0. The van der Waals surface area contributed by atoms with E-state index in [1.54, 1.807) is 42.6 Å². The summed E-state index contributed by atoms with van der Waals surface area (Å²) < 4.78 is 28.4. The summed E-state index contributed by atoms with van der Waals surface area (Å²) in [5.74, 6) is 0. The van der Waals surface area contributed by atoms with Crippen LogP contribution in [0, 0.1) is 3.57 Å². The van der Waals surface area contributed by atoms with E-state index in [1.165, 1.54) is 0 Å². The molecule has 6 heteroatoms. The molecule has 0 aliphatic heterocycles. The number of sulfonamides is 1. The molecule has 3 rings (SSSR count). The van der Waals surface area contributed by atoms with E-state index in [9.17, 15) is 8.42 Å². The van der Waals surface area contributed by atoms with Crippen LogP contribution >= 0.6 is 22.6 Å². The Labute approximate surface area is 136 Å². The first-order valence-corrected chi connectivity index (χ1v) is 8.75. The quantitative estimate of drug-likeness (QED) is 0.671. The van der Waals surface area contributed by atoms with E-state index in [0.717, 1.165) is 8.96 Å². The molecule has 2 aromatic carbocycles. The molecule has 0 saturated heterocycles. The van der Waals surface area contributed by atoms with Gasteiger partial charge in [-0.1, -0.05) is 18.2 Å². The zero-order valence-corrected chi connectivity index (χ0v) is 13.8. The van der Waals surface area contributed by atoms with Crippen molar-refractivity contribution >= 4 is 49.2 Å².